The van der Waals surface area contributed by atoms with Crippen LogP contribution in [0.5, 0.6) is 11.5 Å². The smallest absolute Gasteiger partial charge is 0.322 e. The van der Waals surface area contributed by atoms with Crippen LogP contribution >= 0.6 is 0 Å². The number of carbonyl (C=O) groups is 2. The minimum absolute atomic E-state index is 0.152. The largest absolute Gasteiger partial charge is 0.480 e. The predicted molar refractivity (Wildman–Crippen MR) is 104 cm³/mol. The molecule has 7 nitrogen and oxygen atoms in total. The Balaban J connectivity index is 1.95. The van der Waals surface area contributed by atoms with Gasteiger partial charge in [0, 0.05) is 23.8 Å². The van der Waals surface area contributed by atoms with E-state index in [0.29, 0.717) is 23.7 Å². The summed E-state index contributed by atoms with van der Waals surface area (Å²) in [6.07, 6.45) is 1.57. The zero-order chi connectivity index (χ0) is 19.9. The van der Waals surface area contributed by atoms with Crippen molar-refractivity contribution in [1.82, 2.24) is 10.3 Å². The monoisotopic (exact) mass is 380 g/mol. The number of para-hydroxylation sites is 1. The van der Waals surface area contributed by atoms with Gasteiger partial charge in [-0.2, -0.15) is 0 Å². The molecule has 2 aromatic carbocycles. The Kier molecular flexibility index (Phi) is 6.18. The molecule has 3 aromatic rings. The third kappa shape index (κ3) is 4.63. The molecular formula is C21H20N2O5. The van der Waals surface area contributed by atoms with Crippen LogP contribution in [0.1, 0.15) is 23.0 Å². The Morgan fingerprint density at radius 3 is 2.61 bits per heavy atom. The van der Waals surface area contributed by atoms with E-state index >= 15 is 0 Å². The topological polar surface area (TPSA) is 97.8 Å². The first-order valence-corrected chi connectivity index (χ1v) is 8.80. The third-order valence-electron chi connectivity index (χ3n) is 4.01. The Bertz CT molecular complexity index is 989. The van der Waals surface area contributed by atoms with Crippen LogP contribution in [0.2, 0.25) is 0 Å². The van der Waals surface area contributed by atoms with Gasteiger partial charge in [0.25, 0.3) is 5.91 Å². The average molecular weight is 380 g/mol. The maximum atomic E-state index is 12.4. The number of pyridine rings is 1. The maximum Gasteiger partial charge on any atom is 0.322 e. The van der Waals surface area contributed by atoms with Gasteiger partial charge in [-0.15, -0.1) is 0 Å². The molecule has 3 rings (SSSR count). The molecule has 1 aromatic heterocycles. The van der Waals surface area contributed by atoms with Crippen molar-refractivity contribution in [2.24, 2.45) is 0 Å². The third-order valence-corrected chi connectivity index (χ3v) is 4.01. The predicted octanol–water partition coefficient (Wildman–Crippen LogP) is 3.38. The van der Waals surface area contributed by atoms with E-state index in [4.69, 9.17) is 14.6 Å². The molecule has 0 bridgehead atoms. The van der Waals surface area contributed by atoms with Gasteiger partial charge in [0.15, 0.2) is 0 Å². The van der Waals surface area contributed by atoms with Crippen LogP contribution in [0.15, 0.2) is 54.7 Å². The number of carboxylic acid groups (broad SMARTS) is 1. The molecule has 28 heavy (non-hydrogen) atoms. The summed E-state index contributed by atoms with van der Waals surface area (Å²) in [5, 5.41) is 12.7. The molecule has 0 saturated carbocycles. The summed E-state index contributed by atoms with van der Waals surface area (Å²) in [5.41, 5.74) is 0.757. The fraction of sp³-hybridized carbons (Fsp3) is 0.190. The van der Waals surface area contributed by atoms with Gasteiger partial charge in [-0.3, -0.25) is 14.6 Å². The minimum atomic E-state index is -1.12. The summed E-state index contributed by atoms with van der Waals surface area (Å²) in [6.45, 7) is 2.04. The van der Waals surface area contributed by atoms with Crippen LogP contribution < -0.4 is 10.1 Å². The molecule has 0 fully saturated rings. The Morgan fingerprint density at radius 1 is 1.11 bits per heavy atom. The number of hydrogen-bond donors (Lipinski definition) is 2. The first-order chi connectivity index (χ1) is 13.6. The second kappa shape index (κ2) is 8.96. The summed E-state index contributed by atoms with van der Waals surface area (Å²) < 4.78 is 11.3. The highest BCUT2D eigenvalue weighted by Gasteiger charge is 2.17. The number of carboxylic acids is 1. The molecule has 2 N–H and O–H groups in total. The number of rotatable bonds is 8. The van der Waals surface area contributed by atoms with Gasteiger partial charge < -0.3 is 19.9 Å². The lowest BCUT2D eigenvalue weighted by molar-refractivity contribution is -0.135. The molecule has 1 heterocycles. The number of hydrogen-bond acceptors (Lipinski definition) is 5. The molecule has 144 valence electrons. The molecule has 1 amide bonds. The lowest BCUT2D eigenvalue weighted by Gasteiger charge is -2.13. The summed E-state index contributed by atoms with van der Waals surface area (Å²) in [7, 11) is 0. The molecule has 0 atom stereocenters. The lowest BCUT2D eigenvalue weighted by Crippen LogP contribution is -2.30. The van der Waals surface area contributed by atoms with Crippen molar-refractivity contribution in [2.75, 3.05) is 13.2 Å². The van der Waals surface area contributed by atoms with Gasteiger partial charge in [-0.05, 0) is 36.6 Å². The number of ether oxygens (including phenoxy) is 2. The van der Waals surface area contributed by atoms with Crippen molar-refractivity contribution in [3.63, 3.8) is 0 Å². The molecule has 0 aliphatic heterocycles. The number of fused-ring (bicyclic) bond motifs is 1. The van der Waals surface area contributed by atoms with Crippen molar-refractivity contribution in [3.8, 4) is 11.5 Å². The number of nitrogens with one attached hydrogen (secondary N) is 1. The van der Waals surface area contributed by atoms with E-state index in [1.54, 1.807) is 6.20 Å². The van der Waals surface area contributed by atoms with Gasteiger partial charge >= 0.3 is 5.97 Å². The van der Waals surface area contributed by atoms with Crippen LogP contribution in [0.4, 0.5) is 0 Å². The van der Waals surface area contributed by atoms with E-state index in [9.17, 15) is 9.59 Å². The summed E-state index contributed by atoms with van der Waals surface area (Å²) >= 11 is 0. The highest BCUT2D eigenvalue weighted by molar-refractivity contribution is 6.00. The van der Waals surface area contributed by atoms with E-state index in [2.05, 4.69) is 10.3 Å². The van der Waals surface area contributed by atoms with Crippen molar-refractivity contribution < 1.29 is 24.2 Å². The summed E-state index contributed by atoms with van der Waals surface area (Å²) in [5.74, 6) is -0.313. The lowest BCUT2D eigenvalue weighted by atomic mass is 10.0. The second-order valence-corrected chi connectivity index (χ2v) is 5.96. The van der Waals surface area contributed by atoms with Crippen LogP contribution in [0.3, 0.4) is 0 Å². The molecule has 0 unspecified atom stereocenters. The van der Waals surface area contributed by atoms with E-state index < -0.39 is 18.4 Å². The summed E-state index contributed by atoms with van der Waals surface area (Å²) in [4.78, 5) is 27.3. The number of benzene rings is 2. The molecule has 0 aliphatic rings. The highest BCUT2D eigenvalue weighted by Crippen LogP contribution is 2.28. The highest BCUT2D eigenvalue weighted by atomic mass is 16.5. The van der Waals surface area contributed by atoms with Crippen molar-refractivity contribution in [1.29, 1.82) is 0 Å². The fourth-order valence-electron chi connectivity index (χ4n) is 2.74. The second-order valence-electron chi connectivity index (χ2n) is 5.96. The first-order valence-electron chi connectivity index (χ1n) is 8.80. The average Bonchev–Trinajstić information content (AvgIpc) is 2.70. The number of amides is 1. The summed E-state index contributed by atoms with van der Waals surface area (Å²) in [6, 6.07) is 14.9. The number of aromatic nitrogens is 1. The van der Waals surface area contributed by atoms with Crippen molar-refractivity contribution >= 4 is 22.6 Å². The maximum absolute atomic E-state index is 12.4. The minimum Gasteiger partial charge on any atom is -0.480 e. The van der Waals surface area contributed by atoms with Crippen LogP contribution in [-0.4, -0.2) is 35.1 Å². The zero-order valence-electron chi connectivity index (χ0n) is 15.3. The Labute approximate surface area is 161 Å². The molecule has 0 saturated heterocycles. The van der Waals surface area contributed by atoms with Gasteiger partial charge in [0.05, 0.1) is 6.61 Å². The fourth-order valence-corrected chi connectivity index (χ4v) is 2.74. The molecule has 0 aliphatic carbocycles. The van der Waals surface area contributed by atoms with E-state index in [-0.39, 0.29) is 12.3 Å². The van der Waals surface area contributed by atoms with Gasteiger partial charge in [0.2, 0.25) is 0 Å². The van der Waals surface area contributed by atoms with Crippen LogP contribution in [0, 0.1) is 0 Å². The van der Waals surface area contributed by atoms with Crippen LogP contribution in [0.25, 0.3) is 10.8 Å². The molecule has 0 spiro atoms. The standard InChI is InChI=1S/C21H20N2O5/c1-2-27-13-18-17-9-8-16(28-15-6-4-3-5-7-15)10-14(17)11-22-20(18)21(26)23-12-19(24)25/h3-11H,2,12-13H2,1H3,(H,23,26)(H,24,25). The van der Waals surface area contributed by atoms with Gasteiger partial charge in [0.1, 0.15) is 23.7 Å². The quantitative estimate of drug-likeness (QED) is 0.622. The van der Waals surface area contributed by atoms with Crippen LogP contribution in [-0.2, 0) is 16.1 Å². The zero-order valence-corrected chi connectivity index (χ0v) is 15.3. The Hall–Kier alpha value is -3.45. The number of nitrogens with zero attached hydrogens (tertiary/aromatic N) is 1. The van der Waals surface area contributed by atoms with E-state index in [0.717, 1.165) is 10.8 Å². The number of carbonyl (C=O) groups excluding carboxylic acids is 1. The van der Waals surface area contributed by atoms with E-state index in [1.807, 2.05) is 55.5 Å². The first kappa shape index (κ1) is 19.3. The van der Waals surface area contributed by atoms with Crippen molar-refractivity contribution in [3.05, 3.63) is 66.0 Å². The van der Waals surface area contributed by atoms with E-state index in [1.165, 1.54) is 0 Å². The van der Waals surface area contributed by atoms with Gasteiger partial charge in [-0.1, -0.05) is 24.3 Å². The molecular weight excluding hydrogens is 360 g/mol. The van der Waals surface area contributed by atoms with Gasteiger partial charge in [-0.25, -0.2) is 0 Å². The SMILES string of the molecule is CCOCc1c(C(=O)NCC(=O)O)ncc2cc(Oc3ccccc3)ccc12. The normalized spacial score (nSPS) is 10.6. The number of aliphatic carboxylic acids is 1. The molecule has 0 radical (unpaired) electrons. The Morgan fingerprint density at radius 2 is 1.89 bits per heavy atom. The molecule has 7 heteroatoms. The van der Waals surface area contributed by atoms with Crippen molar-refractivity contribution in [2.45, 2.75) is 13.5 Å².